The maximum absolute atomic E-state index is 13.1. The van der Waals surface area contributed by atoms with Crippen molar-refractivity contribution in [3.05, 3.63) is 96.4 Å². The molecular weight excluding hydrogens is 500 g/mol. The molecule has 0 fully saturated rings. The molecule has 4 aromatic rings. The lowest BCUT2D eigenvalue weighted by Gasteiger charge is -2.28. The fourth-order valence-electron chi connectivity index (χ4n) is 3.82. The number of benzene rings is 3. The molecule has 1 aromatic heterocycles. The smallest absolute Gasteiger partial charge is 0.416 e. The van der Waals surface area contributed by atoms with Crippen molar-refractivity contribution >= 4 is 12.1 Å². The number of carbonyl (C=O) groups is 2. The summed E-state index contributed by atoms with van der Waals surface area (Å²) in [7, 11) is 2.82. The minimum absolute atomic E-state index is 0.284. The Morgan fingerprint density at radius 2 is 1.67 bits per heavy atom. The van der Waals surface area contributed by atoms with E-state index in [4.69, 9.17) is 23.4 Å². The van der Waals surface area contributed by atoms with E-state index in [1.54, 1.807) is 44.6 Å². The summed E-state index contributed by atoms with van der Waals surface area (Å²) < 4.78 is 27.0. The Morgan fingerprint density at radius 3 is 2.38 bits per heavy atom. The third-order valence-electron chi connectivity index (χ3n) is 6.03. The van der Waals surface area contributed by atoms with Crippen molar-refractivity contribution in [1.82, 2.24) is 9.88 Å². The first-order chi connectivity index (χ1) is 19.0. The lowest BCUT2D eigenvalue weighted by atomic mass is 10.1. The molecule has 1 atom stereocenters. The normalized spacial score (nSPS) is 11.4. The van der Waals surface area contributed by atoms with Gasteiger partial charge in [-0.25, -0.2) is 9.78 Å². The van der Waals surface area contributed by atoms with E-state index in [1.165, 1.54) is 12.0 Å². The van der Waals surface area contributed by atoms with Crippen molar-refractivity contribution < 1.29 is 33.0 Å². The topological polar surface area (TPSA) is 100 Å². The maximum atomic E-state index is 13.1. The van der Waals surface area contributed by atoms with Crippen LogP contribution in [0.15, 0.2) is 89.5 Å². The summed E-state index contributed by atoms with van der Waals surface area (Å²) in [5, 5.41) is 0. The number of esters is 1. The Bertz CT molecular complexity index is 1370. The average molecular weight is 531 g/mol. The van der Waals surface area contributed by atoms with Crippen molar-refractivity contribution in [2.24, 2.45) is 0 Å². The highest BCUT2D eigenvalue weighted by Crippen LogP contribution is 2.26. The van der Waals surface area contributed by atoms with Gasteiger partial charge in [0.05, 0.1) is 32.6 Å². The fourth-order valence-corrected chi connectivity index (χ4v) is 3.82. The van der Waals surface area contributed by atoms with E-state index in [0.717, 1.165) is 16.8 Å². The van der Waals surface area contributed by atoms with Crippen LogP contribution in [0.2, 0.25) is 0 Å². The molecule has 0 N–H and O–H groups in total. The SMILES string of the molecule is COC(=O)CN(C(=O)Oc1ccc(OC)cc1)[C@@H](C)c1cccc(OCCc2coc(-c3ccccc3)n2)c1. The van der Waals surface area contributed by atoms with Crippen LogP contribution in [0.1, 0.15) is 24.2 Å². The van der Waals surface area contributed by atoms with E-state index in [1.807, 2.05) is 54.6 Å². The molecule has 3 aromatic carbocycles. The number of methoxy groups -OCH3 is 2. The summed E-state index contributed by atoms with van der Waals surface area (Å²) >= 11 is 0. The van der Waals surface area contributed by atoms with Crippen LogP contribution in [-0.2, 0) is 16.0 Å². The van der Waals surface area contributed by atoms with Crippen molar-refractivity contribution in [2.45, 2.75) is 19.4 Å². The first kappa shape index (κ1) is 27.3. The maximum Gasteiger partial charge on any atom is 0.416 e. The zero-order valence-corrected chi connectivity index (χ0v) is 22.0. The minimum atomic E-state index is -0.690. The predicted octanol–water partition coefficient (Wildman–Crippen LogP) is 5.71. The number of amides is 1. The number of nitrogens with zero attached hydrogens (tertiary/aromatic N) is 2. The van der Waals surface area contributed by atoms with Gasteiger partial charge in [-0.05, 0) is 61.0 Å². The third-order valence-corrected chi connectivity index (χ3v) is 6.03. The second-order valence-corrected chi connectivity index (χ2v) is 8.60. The van der Waals surface area contributed by atoms with E-state index in [2.05, 4.69) is 4.98 Å². The molecule has 0 aliphatic carbocycles. The van der Waals surface area contributed by atoms with Crippen molar-refractivity contribution in [2.75, 3.05) is 27.4 Å². The summed E-state index contributed by atoms with van der Waals surface area (Å²) in [5.74, 6) is 1.57. The highest BCUT2D eigenvalue weighted by Gasteiger charge is 2.26. The molecule has 0 bridgehead atoms. The van der Waals surface area contributed by atoms with Crippen LogP contribution in [0.4, 0.5) is 4.79 Å². The molecule has 0 aliphatic rings. The zero-order chi connectivity index (χ0) is 27.6. The van der Waals surface area contributed by atoms with Crippen molar-refractivity contribution in [1.29, 1.82) is 0 Å². The molecule has 0 radical (unpaired) electrons. The highest BCUT2D eigenvalue weighted by atomic mass is 16.6. The van der Waals surface area contributed by atoms with Gasteiger partial charge in [0.2, 0.25) is 5.89 Å². The molecule has 0 spiro atoms. The second-order valence-electron chi connectivity index (χ2n) is 8.60. The molecule has 0 saturated heterocycles. The van der Waals surface area contributed by atoms with E-state index in [9.17, 15) is 9.59 Å². The van der Waals surface area contributed by atoms with E-state index in [-0.39, 0.29) is 6.54 Å². The van der Waals surface area contributed by atoms with Gasteiger partial charge in [0, 0.05) is 12.0 Å². The highest BCUT2D eigenvalue weighted by molar-refractivity contribution is 5.79. The number of aromatic nitrogens is 1. The monoisotopic (exact) mass is 530 g/mol. The van der Waals surface area contributed by atoms with Crippen LogP contribution in [0.3, 0.4) is 0 Å². The summed E-state index contributed by atoms with van der Waals surface area (Å²) in [6.07, 6.45) is 1.49. The fraction of sp³-hybridized carbons (Fsp3) is 0.233. The van der Waals surface area contributed by atoms with Gasteiger partial charge in [-0.2, -0.15) is 0 Å². The summed E-state index contributed by atoms with van der Waals surface area (Å²) in [4.78, 5) is 31.0. The lowest BCUT2D eigenvalue weighted by Crippen LogP contribution is -2.40. The van der Waals surface area contributed by atoms with E-state index in [0.29, 0.717) is 36.2 Å². The molecule has 202 valence electrons. The zero-order valence-electron chi connectivity index (χ0n) is 22.0. The van der Waals surface area contributed by atoms with Crippen LogP contribution >= 0.6 is 0 Å². The molecule has 1 heterocycles. The van der Waals surface area contributed by atoms with Crippen molar-refractivity contribution in [3.8, 4) is 28.7 Å². The molecule has 0 saturated carbocycles. The number of oxazole rings is 1. The third kappa shape index (κ3) is 7.38. The molecule has 9 nitrogen and oxygen atoms in total. The van der Waals surface area contributed by atoms with Crippen LogP contribution in [-0.4, -0.2) is 49.3 Å². The lowest BCUT2D eigenvalue weighted by molar-refractivity contribution is -0.141. The Balaban J connectivity index is 1.40. The van der Waals surface area contributed by atoms with Gasteiger partial charge in [0.1, 0.15) is 30.1 Å². The quantitative estimate of drug-likeness (QED) is 0.228. The molecule has 4 rings (SSSR count). The molecule has 39 heavy (non-hydrogen) atoms. The van der Waals surface area contributed by atoms with Crippen LogP contribution in [0, 0.1) is 0 Å². The Morgan fingerprint density at radius 1 is 0.923 bits per heavy atom. The minimum Gasteiger partial charge on any atom is -0.497 e. The molecule has 9 heteroatoms. The number of ether oxygens (including phenoxy) is 4. The van der Waals surface area contributed by atoms with Gasteiger partial charge in [0.25, 0.3) is 0 Å². The standard InChI is InChI=1S/C30H30N2O7/c1-21(32(19-28(33)36-3)30(34)39-26-14-12-25(35-2)13-15-26)23-10-7-11-27(18-23)37-17-16-24-20-38-29(31-24)22-8-5-4-6-9-22/h4-15,18,20-21H,16-17,19H2,1-3H3/t21-/m0/s1. The van der Waals surface area contributed by atoms with E-state index < -0.39 is 18.1 Å². The molecule has 1 amide bonds. The second kappa shape index (κ2) is 13.1. The number of hydrogen-bond donors (Lipinski definition) is 0. The number of carbonyl (C=O) groups excluding carboxylic acids is 2. The van der Waals surface area contributed by atoms with Crippen molar-refractivity contribution in [3.63, 3.8) is 0 Å². The Labute approximate surface area is 226 Å². The van der Waals surface area contributed by atoms with Gasteiger partial charge < -0.3 is 23.4 Å². The first-order valence-electron chi connectivity index (χ1n) is 12.4. The Kier molecular flexibility index (Phi) is 9.18. The van der Waals surface area contributed by atoms with Gasteiger partial charge in [-0.15, -0.1) is 0 Å². The van der Waals surface area contributed by atoms with Crippen LogP contribution in [0.25, 0.3) is 11.5 Å². The largest absolute Gasteiger partial charge is 0.497 e. The van der Waals surface area contributed by atoms with Crippen LogP contribution in [0.5, 0.6) is 17.2 Å². The molecular formula is C30H30N2O7. The van der Waals surface area contributed by atoms with E-state index >= 15 is 0 Å². The molecule has 0 aliphatic heterocycles. The van der Waals surface area contributed by atoms with Crippen LogP contribution < -0.4 is 14.2 Å². The number of rotatable bonds is 11. The summed E-state index contributed by atoms with van der Waals surface area (Å²) in [6, 6.07) is 23.1. The average Bonchev–Trinajstić information content (AvgIpc) is 3.45. The predicted molar refractivity (Wildman–Crippen MR) is 144 cm³/mol. The first-order valence-corrected chi connectivity index (χ1v) is 12.4. The number of hydrogen-bond acceptors (Lipinski definition) is 8. The Hall–Kier alpha value is -4.79. The van der Waals surface area contributed by atoms with Gasteiger partial charge >= 0.3 is 12.1 Å². The summed E-state index contributed by atoms with van der Waals surface area (Å²) in [5.41, 5.74) is 2.45. The van der Waals surface area contributed by atoms with Gasteiger partial charge in [-0.3, -0.25) is 9.69 Å². The summed E-state index contributed by atoms with van der Waals surface area (Å²) in [6.45, 7) is 1.90. The van der Waals surface area contributed by atoms with Gasteiger partial charge in [-0.1, -0.05) is 30.3 Å². The van der Waals surface area contributed by atoms with Gasteiger partial charge in [0.15, 0.2) is 0 Å². The molecule has 0 unspecified atom stereocenters.